The van der Waals surface area contributed by atoms with Crippen molar-refractivity contribution in [2.45, 2.75) is 6.42 Å². The molecule has 4 aliphatic rings. The maximum Gasteiger partial charge on any atom is 0.311 e. The van der Waals surface area contributed by atoms with E-state index in [1.165, 1.54) is 11.0 Å². The normalized spacial score (nSPS) is 32.4. The molecule has 0 aliphatic carbocycles. The van der Waals surface area contributed by atoms with E-state index in [0.717, 1.165) is 0 Å². The number of aliphatic carboxylic acids is 1. The van der Waals surface area contributed by atoms with E-state index in [4.69, 9.17) is 4.74 Å². The summed E-state index contributed by atoms with van der Waals surface area (Å²) in [5, 5.41) is 9.73. The Kier molecular flexibility index (Phi) is 3.92. The Labute approximate surface area is 150 Å². The minimum Gasteiger partial charge on any atom is -0.481 e. The minimum atomic E-state index is -3.60. The standard InChI is InChI=1S/C16H19N3O6S/c20-14(12-2-1-4-18-5-7-26(23,24)17-13(12)18)19-8-11-9-25-6-3-16(11,10-19)15(21)22/h1-2,4,11H,3,5-10H2,(H,21,22)/t11-,16+/m0/s1. The number of fused-ring (bicyclic) bond motifs is 2. The Balaban J connectivity index is 1.64. The lowest BCUT2D eigenvalue weighted by atomic mass is 9.74. The van der Waals surface area contributed by atoms with Gasteiger partial charge in [-0.3, -0.25) is 9.59 Å². The summed E-state index contributed by atoms with van der Waals surface area (Å²) < 4.78 is 32.9. The highest BCUT2D eigenvalue weighted by molar-refractivity contribution is 7.90. The van der Waals surface area contributed by atoms with E-state index >= 15 is 0 Å². The van der Waals surface area contributed by atoms with Gasteiger partial charge in [0, 0.05) is 38.4 Å². The molecule has 0 aromatic heterocycles. The first-order valence-electron chi connectivity index (χ1n) is 8.41. The average Bonchev–Trinajstić information content (AvgIpc) is 3.01. The van der Waals surface area contributed by atoms with Crippen LogP contribution in [0.2, 0.25) is 0 Å². The predicted octanol–water partition coefficient (Wildman–Crippen LogP) is -0.566. The third kappa shape index (κ3) is 2.64. The van der Waals surface area contributed by atoms with Gasteiger partial charge in [-0.15, -0.1) is 4.40 Å². The van der Waals surface area contributed by atoms with Gasteiger partial charge in [0.25, 0.3) is 15.9 Å². The number of rotatable bonds is 2. The number of carbonyl (C=O) groups is 2. The fraction of sp³-hybridized carbons (Fsp3) is 0.562. The van der Waals surface area contributed by atoms with Crippen LogP contribution in [0.3, 0.4) is 0 Å². The van der Waals surface area contributed by atoms with Gasteiger partial charge in [0.1, 0.15) is 0 Å². The van der Waals surface area contributed by atoms with Crippen LogP contribution in [0.25, 0.3) is 0 Å². The van der Waals surface area contributed by atoms with Crippen LogP contribution >= 0.6 is 0 Å². The molecule has 2 fully saturated rings. The number of allylic oxidation sites excluding steroid dienone is 2. The first kappa shape index (κ1) is 17.2. The average molecular weight is 381 g/mol. The molecular formula is C16H19N3O6S. The monoisotopic (exact) mass is 381 g/mol. The Morgan fingerprint density at radius 1 is 1.38 bits per heavy atom. The Morgan fingerprint density at radius 2 is 2.19 bits per heavy atom. The number of carboxylic acids is 1. The van der Waals surface area contributed by atoms with Crippen LogP contribution < -0.4 is 0 Å². The molecule has 0 unspecified atom stereocenters. The summed E-state index contributed by atoms with van der Waals surface area (Å²) in [6, 6.07) is 0. The lowest BCUT2D eigenvalue weighted by molar-refractivity contribution is -0.157. The molecule has 4 heterocycles. The van der Waals surface area contributed by atoms with Crippen molar-refractivity contribution in [1.82, 2.24) is 9.80 Å². The van der Waals surface area contributed by atoms with Crippen molar-refractivity contribution in [2.75, 3.05) is 38.6 Å². The lowest BCUT2D eigenvalue weighted by Gasteiger charge is -2.34. The highest BCUT2D eigenvalue weighted by atomic mass is 32.2. The second-order valence-electron chi connectivity index (χ2n) is 6.98. The summed E-state index contributed by atoms with van der Waals surface area (Å²) in [5.74, 6) is -1.58. The van der Waals surface area contributed by atoms with Gasteiger partial charge in [0.05, 0.1) is 23.3 Å². The molecule has 26 heavy (non-hydrogen) atoms. The van der Waals surface area contributed by atoms with E-state index in [9.17, 15) is 23.1 Å². The van der Waals surface area contributed by atoms with Crippen molar-refractivity contribution in [3.63, 3.8) is 0 Å². The van der Waals surface area contributed by atoms with Crippen LogP contribution in [0.5, 0.6) is 0 Å². The lowest BCUT2D eigenvalue weighted by Crippen LogP contribution is -2.45. The van der Waals surface area contributed by atoms with Crippen molar-refractivity contribution in [3.05, 3.63) is 23.9 Å². The van der Waals surface area contributed by atoms with E-state index in [2.05, 4.69) is 4.40 Å². The highest BCUT2D eigenvalue weighted by Crippen LogP contribution is 2.43. The minimum absolute atomic E-state index is 0.0935. The van der Waals surface area contributed by atoms with Gasteiger partial charge in [-0.2, -0.15) is 0 Å². The molecule has 1 amide bonds. The number of amides is 1. The summed E-state index contributed by atoms with van der Waals surface area (Å²) in [6.45, 7) is 1.26. The van der Waals surface area contributed by atoms with Gasteiger partial charge in [0.15, 0.2) is 5.84 Å². The number of hydrogen-bond donors (Lipinski definition) is 1. The molecule has 0 saturated carbocycles. The molecule has 140 valence electrons. The smallest absolute Gasteiger partial charge is 0.311 e. The van der Waals surface area contributed by atoms with Crippen LogP contribution in [0.15, 0.2) is 28.3 Å². The van der Waals surface area contributed by atoms with Crippen molar-refractivity contribution in [2.24, 2.45) is 15.7 Å². The third-order valence-corrected chi connectivity index (χ3v) is 6.66. The van der Waals surface area contributed by atoms with Gasteiger partial charge in [-0.25, -0.2) is 8.42 Å². The third-order valence-electron chi connectivity index (χ3n) is 5.51. The molecule has 4 rings (SSSR count). The number of sulfonamides is 1. The second kappa shape index (κ2) is 5.92. The fourth-order valence-corrected chi connectivity index (χ4v) is 4.99. The summed E-state index contributed by atoms with van der Waals surface area (Å²) in [6.07, 6.45) is 5.24. The topological polar surface area (TPSA) is 117 Å². The van der Waals surface area contributed by atoms with Crippen LogP contribution in [-0.2, 0) is 24.3 Å². The molecule has 4 aliphatic heterocycles. The molecule has 9 nitrogen and oxygen atoms in total. The van der Waals surface area contributed by atoms with Gasteiger partial charge in [-0.1, -0.05) is 0 Å². The van der Waals surface area contributed by atoms with E-state index in [1.54, 1.807) is 17.2 Å². The maximum absolute atomic E-state index is 13.1. The zero-order valence-corrected chi connectivity index (χ0v) is 14.8. The second-order valence-corrected chi connectivity index (χ2v) is 8.74. The molecule has 2 saturated heterocycles. The largest absolute Gasteiger partial charge is 0.481 e. The van der Waals surface area contributed by atoms with Gasteiger partial charge in [0.2, 0.25) is 0 Å². The van der Waals surface area contributed by atoms with Crippen LogP contribution in [-0.4, -0.2) is 79.6 Å². The molecule has 1 N–H and O–H groups in total. The van der Waals surface area contributed by atoms with Gasteiger partial charge in [-0.05, 0) is 18.6 Å². The predicted molar refractivity (Wildman–Crippen MR) is 90.7 cm³/mol. The van der Waals surface area contributed by atoms with Crippen molar-refractivity contribution in [3.8, 4) is 0 Å². The molecular weight excluding hydrogens is 362 g/mol. The number of likely N-dealkylation sites (tertiary alicyclic amines) is 1. The van der Waals surface area contributed by atoms with Crippen LogP contribution in [0, 0.1) is 11.3 Å². The molecule has 0 aromatic carbocycles. The number of carboxylic acid groups (broad SMARTS) is 1. The fourth-order valence-electron chi connectivity index (χ4n) is 4.01. The van der Waals surface area contributed by atoms with Crippen LogP contribution in [0.1, 0.15) is 6.42 Å². The van der Waals surface area contributed by atoms with E-state index in [-0.39, 0.29) is 42.7 Å². The SMILES string of the molecule is O=C(C1=CC=CN2CCS(=O)(=O)N=C12)N1C[C@H]2COCC[C@@]2(C(=O)O)C1. The first-order chi connectivity index (χ1) is 12.3. The summed E-state index contributed by atoms with van der Waals surface area (Å²) >= 11 is 0. The Bertz CT molecular complexity index is 861. The number of carbonyl (C=O) groups excluding carboxylic acids is 1. The molecule has 0 aromatic rings. The summed E-state index contributed by atoms with van der Waals surface area (Å²) in [4.78, 5) is 28.1. The van der Waals surface area contributed by atoms with E-state index < -0.39 is 27.3 Å². The van der Waals surface area contributed by atoms with Crippen molar-refractivity contribution < 1.29 is 27.9 Å². The molecule has 2 atom stereocenters. The number of hydrogen-bond acceptors (Lipinski definition) is 6. The van der Waals surface area contributed by atoms with E-state index in [1.807, 2.05) is 0 Å². The number of nitrogens with zero attached hydrogens (tertiary/aromatic N) is 3. The zero-order chi connectivity index (χ0) is 18.5. The van der Waals surface area contributed by atoms with Gasteiger partial charge < -0.3 is 19.6 Å². The molecule has 10 heteroatoms. The highest BCUT2D eigenvalue weighted by Gasteiger charge is 2.55. The molecule has 0 bridgehead atoms. The molecule has 0 radical (unpaired) electrons. The van der Waals surface area contributed by atoms with Crippen molar-refractivity contribution in [1.29, 1.82) is 0 Å². The van der Waals surface area contributed by atoms with Gasteiger partial charge >= 0.3 is 5.97 Å². The number of ether oxygens (including phenoxy) is 1. The Morgan fingerprint density at radius 3 is 2.92 bits per heavy atom. The van der Waals surface area contributed by atoms with E-state index in [0.29, 0.717) is 19.6 Å². The Hall–Kier alpha value is -2.20. The van der Waals surface area contributed by atoms with Crippen LogP contribution in [0.4, 0.5) is 0 Å². The quantitative estimate of drug-likeness (QED) is 0.681. The summed E-state index contributed by atoms with van der Waals surface area (Å²) in [5.41, 5.74) is -0.824. The number of amidine groups is 1. The molecule has 0 spiro atoms. The first-order valence-corrected chi connectivity index (χ1v) is 10.0. The van der Waals surface area contributed by atoms with Crippen molar-refractivity contribution >= 4 is 27.7 Å². The maximum atomic E-state index is 13.1. The zero-order valence-electron chi connectivity index (χ0n) is 14.0. The summed E-state index contributed by atoms with van der Waals surface area (Å²) in [7, 11) is -3.60.